The number of fused-ring (bicyclic) bond motifs is 1. The number of hydrogen-bond acceptors (Lipinski definition) is 4. The largest absolute Gasteiger partial charge is 0.368 e. The van der Waals surface area contributed by atoms with Crippen LogP contribution in [0.4, 0.5) is 0 Å². The first-order valence-electron chi connectivity index (χ1n) is 7.67. The highest BCUT2D eigenvalue weighted by Gasteiger charge is 2.32. The molecule has 128 valence electrons. The summed E-state index contributed by atoms with van der Waals surface area (Å²) in [6.45, 7) is 2.14. The molecule has 25 heavy (non-hydrogen) atoms. The van der Waals surface area contributed by atoms with Crippen LogP contribution in [-0.4, -0.2) is 38.8 Å². The lowest BCUT2D eigenvalue weighted by Gasteiger charge is -2.27. The Morgan fingerprint density at radius 1 is 1.32 bits per heavy atom. The molecule has 1 saturated heterocycles. The van der Waals surface area contributed by atoms with Gasteiger partial charge in [0.05, 0.1) is 0 Å². The Balaban J connectivity index is 2.11. The van der Waals surface area contributed by atoms with Gasteiger partial charge in [-0.15, -0.1) is 0 Å². The lowest BCUT2D eigenvalue weighted by atomic mass is 10.1. The standard InChI is InChI=1S/C17H16N4O3S/c1-2-21-16(24)12(15(23)19-17(21)25)7-10-8-20(9-14(18)22)13-6-4-3-5-11(10)13/h3-8H,2,9H2,1H3,(H2,18,22)(H,19,23,25). The number of likely N-dealkylation sites (N-methyl/N-ethyl adjacent to an activating group) is 1. The van der Waals surface area contributed by atoms with Crippen molar-refractivity contribution < 1.29 is 14.4 Å². The van der Waals surface area contributed by atoms with Gasteiger partial charge in [0.15, 0.2) is 5.11 Å². The third-order valence-electron chi connectivity index (χ3n) is 3.95. The van der Waals surface area contributed by atoms with E-state index in [-0.39, 0.29) is 17.2 Å². The zero-order chi connectivity index (χ0) is 18.1. The molecule has 8 heteroatoms. The summed E-state index contributed by atoms with van der Waals surface area (Å²) in [6.07, 6.45) is 3.22. The predicted molar refractivity (Wildman–Crippen MR) is 97.2 cm³/mol. The molecule has 0 radical (unpaired) electrons. The minimum Gasteiger partial charge on any atom is -0.368 e. The van der Waals surface area contributed by atoms with Gasteiger partial charge in [-0.25, -0.2) is 0 Å². The molecule has 3 rings (SSSR count). The number of benzene rings is 1. The van der Waals surface area contributed by atoms with E-state index in [1.54, 1.807) is 17.7 Å². The fraction of sp³-hybridized carbons (Fsp3) is 0.176. The number of primary amides is 1. The summed E-state index contributed by atoms with van der Waals surface area (Å²) in [5.74, 6) is -1.46. The third-order valence-corrected chi connectivity index (χ3v) is 4.27. The van der Waals surface area contributed by atoms with E-state index in [0.29, 0.717) is 12.1 Å². The number of rotatable bonds is 4. The van der Waals surface area contributed by atoms with Gasteiger partial charge >= 0.3 is 0 Å². The normalized spacial score (nSPS) is 16.6. The average molecular weight is 356 g/mol. The highest BCUT2D eigenvalue weighted by atomic mass is 32.1. The molecule has 0 unspecified atom stereocenters. The second kappa shape index (κ2) is 6.48. The van der Waals surface area contributed by atoms with Crippen molar-refractivity contribution in [3.63, 3.8) is 0 Å². The molecular formula is C17H16N4O3S. The van der Waals surface area contributed by atoms with Crippen LogP contribution in [0.2, 0.25) is 0 Å². The van der Waals surface area contributed by atoms with Gasteiger partial charge in [0.25, 0.3) is 11.8 Å². The molecule has 2 aromatic rings. The van der Waals surface area contributed by atoms with Crippen molar-refractivity contribution in [3.05, 3.63) is 41.6 Å². The molecule has 1 aliphatic heterocycles. The van der Waals surface area contributed by atoms with Gasteiger partial charge in [-0.2, -0.15) is 0 Å². The van der Waals surface area contributed by atoms with Crippen molar-refractivity contribution in [1.82, 2.24) is 14.8 Å². The summed E-state index contributed by atoms with van der Waals surface area (Å²) in [5, 5.41) is 3.43. The summed E-state index contributed by atoms with van der Waals surface area (Å²) in [6, 6.07) is 7.38. The van der Waals surface area contributed by atoms with E-state index in [9.17, 15) is 14.4 Å². The van der Waals surface area contributed by atoms with Crippen LogP contribution in [0.1, 0.15) is 12.5 Å². The molecule has 0 aliphatic carbocycles. The van der Waals surface area contributed by atoms with E-state index in [0.717, 1.165) is 10.9 Å². The van der Waals surface area contributed by atoms with Crippen LogP contribution < -0.4 is 11.1 Å². The van der Waals surface area contributed by atoms with Gasteiger partial charge in [0, 0.05) is 29.2 Å². The minimum atomic E-state index is -0.536. The van der Waals surface area contributed by atoms with Gasteiger partial charge in [-0.1, -0.05) is 18.2 Å². The molecule has 1 aromatic heterocycles. The molecule has 1 aliphatic rings. The van der Waals surface area contributed by atoms with E-state index in [1.807, 2.05) is 24.3 Å². The number of nitrogens with one attached hydrogen (secondary N) is 1. The van der Waals surface area contributed by atoms with Gasteiger partial charge in [0.2, 0.25) is 5.91 Å². The van der Waals surface area contributed by atoms with Gasteiger partial charge in [-0.3, -0.25) is 24.6 Å². The fourth-order valence-electron chi connectivity index (χ4n) is 2.83. The molecule has 0 saturated carbocycles. The van der Waals surface area contributed by atoms with E-state index in [1.165, 1.54) is 11.0 Å². The maximum absolute atomic E-state index is 12.5. The molecule has 7 nitrogen and oxygen atoms in total. The number of thiocarbonyl (C=S) groups is 1. The first-order valence-corrected chi connectivity index (χ1v) is 8.08. The van der Waals surface area contributed by atoms with E-state index in [2.05, 4.69) is 5.32 Å². The second-order valence-corrected chi connectivity index (χ2v) is 5.95. The van der Waals surface area contributed by atoms with Crippen molar-refractivity contribution in [2.24, 2.45) is 5.73 Å². The fourth-order valence-corrected chi connectivity index (χ4v) is 3.13. The topological polar surface area (TPSA) is 97.4 Å². The number of hydrogen-bond donors (Lipinski definition) is 2. The smallest absolute Gasteiger partial charge is 0.265 e. The molecule has 2 heterocycles. The lowest BCUT2D eigenvalue weighted by Crippen LogP contribution is -2.53. The first kappa shape index (κ1) is 16.8. The molecule has 0 bridgehead atoms. The summed E-state index contributed by atoms with van der Waals surface area (Å²) in [5.41, 5.74) is 6.73. The van der Waals surface area contributed by atoms with Crippen LogP contribution in [-0.2, 0) is 20.9 Å². The van der Waals surface area contributed by atoms with Gasteiger partial charge < -0.3 is 10.3 Å². The molecule has 1 aromatic carbocycles. The summed E-state index contributed by atoms with van der Waals surface area (Å²) >= 11 is 5.02. The molecule has 3 amide bonds. The monoisotopic (exact) mass is 356 g/mol. The van der Waals surface area contributed by atoms with Crippen LogP contribution in [0.15, 0.2) is 36.0 Å². The maximum atomic E-state index is 12.5. The van der Waals surface area contributed by atoms with Crippen molar-refractivity contribution in [1.29, 1.82) is 0 Å². The number of carbonyl (C=O) groups excluding carboxylic acids is 3. The van der Waals surface area contributed by atoms with Crippen LogP contribution in [0, 0.1) is 0 Å². The number of amides is 3. The Hall–Kier alpha value is -3.00. The predicted octanol–water partition coefficient (Wildman–Crippen LogP) is 0.773. The second-order valence-electron chi connectivity index (χ2n) is 5.56. The Labute approximate surface area is 149 Å². The number of nitrogens with two attached hydrogens (primary N) is 1. The van der Waals surface area contributed by atoms with E-state index < -0.39 is 17.7 Å². The van der Waals surface area contributed by atoms with Crippen LogP contribution in [0.25, 0.3) is 17.0 Å². The average Bonchev–Trinajstić information content (AvgIpc) is 2.89. The highest BCUT2D eigenvalue weighted by Crippen LogP contribution is 2.24. The van der Waals surface area contributed by atoms with Crippen molar-refractivity contribution in [2.45, 2.75) is 13.5 Å². The Bertz CT molecular complexity index is 945. The number of aromatic nitrogens is 1. The molecule has 1 fully saturated rings. The SMILES string of the molecule is CCN1C(=O)C(=Cc2cn(CC(N)=O)c3ccccc23)C(=O)NC1=S. The molecular weight excluding hydrogens is 340 g/mol. The molecule has 0 spiro atoms. The quantitative estimate of drug-likeness (QED) is 0.480. The maximum Gasteiger partial charge on any atom is 0.265 e. The lowest BCUT2D eigenvalue weighted by molar-refractivity contribution is -0.128. The highest BCUT2D eigenvalue weighted by molar-refractivity contribution is 7.80. The number of carbonyl (C=O) groups is 3. The molecule has 0 atom stereocenters. The van der Waals surface area contributed by atoms with Crippen LogP contribution in [0.3, 0.4) is 0 Å². The summed E-state index contributed by atoms with van der Waals surface area (Å²) < 4.78 is 1.69. The van der Waals surface area contributed by atoms with Gasteiger partial charge in [-0.05, 0) is 31.3 Å². The number of nitrogens with zero attached hydrogens (tertiary/aromatic N) is 2. The Morgan fingerprint density at radius 2 is 2.04 bits per heavy atom. The summed E-state index contributed by atoms with van der Waals surface area (Å²) in [4.78, 5) is 37.3. The Morgan fingerprint density at radius 3 is 2.72 bits per heavy atom. The Kier molecular flexibility index (Phi) is 4.37. The zero-order valence-corrected chi connectivity index (χ0v) is 14.3. The van der Waals surface area contributed by atoms with Gasteiger partial charge in [0.1, 0.15) is 12.1 Å². The third kappa shape index (κ3) is 3.03. The summed E-state index contributed by atoms with van der Waals surface area (Å²) in [7, 11) is 0. The van der Waals surface area contributed by atoms with Crippen molar-refractivity contribution in [3.8, 4) is 0 Å². The number of para-hydroxylation sites is 1. The zero-order valence-electron chi connectivity index (χ0n) is 13.5. The van der Waals surface area contributed by atoms with E-state index >= 15 is 0 Å². The van der Waals surface area contributed by atoms with Crippen LogP contribution in [0.5, 0.6) is 0 Å². The van der Waals surface area contributed by atoms with Crippen LogP contribution >= 0.6 is 12.2 Å². The first-order chi connectivity index (χ1) is 11.9. The van der Waals surface area contributed by atoms with Crippen molar-refractivity contribution >= 4 is 52.0 Å². The minimum absolute atomic E-state index is 0.00238. The molecule has 3 N–H and O–H groups in total. The van der Waals surface area contributed by atoms with Crippen molar-refractivity contribution in [2.75, 3.05) is 6.54 Å². The van der Waals surface area contributed by atoms with E-state index in [4.69, 9.17) is 18.0 Å².